The zero-order chi connectivity index (χ0) is 26.2. The van der Waals surface area contributed by atoms with Gasteiger partial charge in [0, 0.05) is 23.0 Å². The molecule has 8 nitrogen and oxygen atoms in total. The van der Waals surface area contributed by atoms with E-state index >= 15 is 0 Å². The minimum absolute atomic E-state index is 0.219. The molecule has 0 saturated heterocycles. The quantitative estimate of drug-likeness (QED) is 0.300. The molecule has 5 aromatic rings. The Labute approximate surface area is 213 Å². The van der Waals surface area contributed by atoms with Crippen molar-refractivity contribution in [2.75, 3.05) is 5.32 Å². The first-order valence-electron chi connectivity index (χ1n) is 12.1. The zero-order valence-corrected chi connectivity index (χ0v) is 21.2. The van der Waals surface area contributed by atoms with Crippen molar-refractivity contribution in [2.45, 2.75) is 45.9 Å². The minimum atomic E-state index is -0.681. The Kier molecular flexibility index (Phi) is 6.25. The van der Waals surface area contributed by atoms with E-state index in [4.69, 9.17) is 9.15 Å². The van der Waals surface area contributed by atoms with Crippen LogP contribution in [0.15, 0.2) is 82.3 Å². The number of ether oxygens (including phenoxy) is 1. The van der Waals surface area contributed by atoms with Gasteiger partial charge in [-0.05, 0) is 63.6 Å². The number of anilines is 1. The Hall–Kier alpha value is -4.46. The summed E-state index contributed by atoms with van der Waals surface area (Å²) in [6.45, 7) is 7.03. The van der Waals surface area contributed by atoms with Gasteiger partial charge in [0.15, 0.2) is 5.82 Å². The number of para-hydroxylation sites is 1. The van der Waals surface area contributed by atoms with Crippen molar-refractivity contribution in [1.82, 2.24) is 14.5 Å². The lowest BCUT2D eigenvalue weighted by Crippen LogP contribution is -2.33. The number of rotatable bonds is 6. The van der Waals surface area contributed by atoms with Gasteiger partial charge in [-0.3, -0.25) is 19.1 Å². The molecule has 0 aliphatic heterocycles. The van der Waals surface area contributed by atoms with Crippen LogP contribution in [0.5, 0.6) is 0 Å². The van der Waals surface area contributed by atoms with E-state index in [9.17, 15) is 9.59 Å². The molecule has 0 saturated carbocycles. The molecule has 0 unspecified atom stereocenters. The predicted octanol–water partition coefficient (Wildman–Crippen LogP) is 5.72. The molecule has 3 heterocycles. The normalized spacial score (nSPS) is 12.5. The average molecular weight is 497 g/mol. The Morgan fingerprint density at radius 3 is 2.54 bits per heavy atom. The second kappa shape index (κ2) is 9.54. The number of aromatic nitrogens is 3. The second-order valence-corrected chi connectivity index (χ2v) is 9.91. The van der Waals surface area contributed by atoms with Crippen molar-refractivity contribution in [1.29, 1.82) is 0 Å². The summed E-state index contributed by atoms with van der Waals surface area (Å²) in [5.41, 5.74) is 2.30. The molecule has 0 spiro atoms. The number of hydrogen-bond acceptors (Lipinski definition) is 7. The van der Waals surface area contributed by atoms with E-state index in [0.717, 1.165) is 27.5 Å². The molecular weight excluding hydrogens is 468 g/mol. The van der Waals surface area contributed by atoms with Crippen LogP contribution in [0, 0.1) is 0 Å². The van der Waals surface area contributed by atoms with Crippen molar-refractivity contribution in [3.05, 3.63) is 89.0 Å². The van der Waals surface area contributed by atoms with Crippen molar-refractivity contribution in [2.24, 2.45) is 0 Å². The van der Waals surface area contributed by atoms with Crippen LogP contribution >= 0.6 is 0 Å². The summed E-state index contributed by atoms with van der Waals surface area (Å²) in [6.07, 6.45) is 3.10. The molecule has 0 aliphatic rings. The molecule has 0 radical (unpaired) electrons. The van der Waals surface area contributed by atoms with Gasteiger partial charge in [0.05, 0.1) is 6.20 Å². The zero-order valence-electron chi connectivity index (χ0n) is 21.2. The number of nitrogens with one attached hydrogen (secondary N) is 1. The highest BCUT2D eigenvalue weighted by molar-refractivity contribution is 6.05. The van der Waals surface area contributed by atoms with Crippen LogP contribution in [0.2, 0.25) is 0 Å². The van der Waals surface area contributed by atoms with Gasteiger partial charge in [0.1, 0.15) is 34.7 Å². The third kappa shape index (κ3) is 5.09. The summed E-state index contributed by atoms with van der Waals surface area (Å²) < 4.78 is 12.7. The van der Waals surface area contributed by atoms with Crippen LogP contribution in [0.25, 0.3) is 33.5 Å². The van der Waals surface area contributed by atoms with Gasteiger partial charge in [-0.1, -0.05) is 30.3 Å². The first-order chi connectivity index (χ1) is 17.7. The van der Waals surface area contributed by atoms with Gasteiger partial charge in [-0.15, -0.1) is 0 Å². The summed E-state index contributed by atoms with van der Waals surface area (Å²) >= 11 is 0. The van der Waals surface area contributed by atoms with Crippen LogP contribution in [0.1, 0.15) is 39.3 Å². The van der Waals surface area contributed by atoms with E-state index < -0.39 is 11.6 Å². The third-order valence-electron chi connectivity index (χ3n) is 5.92. The minimum Gasteiger partial charge on any atom is -0.459 e. The van der Waals surface area contributed by atoms with Crippen molar-refractivity contribution < 1.29 is 13.9 Å². The summed E-state index contributed by atoms with van der Waals surface area (Å²) in [7, 11) is 0. The van der Waals surface area contributed by atoms with Gasteiger partial charge < -0.3 is 14.5 Å². The summed E-state index contributed by atoms with van der Waals surface area (Å²) in [5.74, 6) is -0.239. The standard InChI is InChI=1S/C29H28N4O4/c1-18(19-12-13-25-21(15-19)20-9-5-6-11-24(20)36-25)32-23-16-31-27(22-10-7-8-14-30-22)33(28(23)35)17-26(34)37-29(2,3)4/h5-16,18,32H,17H2,1-4H3/t18-/m0/s1. The monoisotopic (exact) mass is 496 g/mol. The SMILES string of the molecule is C[C@H](Nc1cnc(-c2ccccn2)n(CC(=O)OC(C)(C)C)c1=O)c1ccc2oc3ccccc3c2c1. The molecule has 1 atom stereocenters. The van der Waals surface area contributed by atoms with E-state index in [1.54, 1.807) is 45.2 Å². The van der Waals surface area contributed by atoms with Gasteiger partial charge in [0.25, 0.3) is 5.56 Å². The molecule has 0 amide bonds. The molecule has 188 valence electrons. The Balaban J connectivity index is 1.49. The molecule has 3 aromatic heterocycles. The lowest BCUT2D eigenvalue weighted by molar-refractivity contribution is -0.155. The highest BCUT2D eigenvalue weighted by Gasteiger charge is 2.21. The third-order valence-corrected chi connectivity index (χ3v) is 5.92. The Bertz CT molecular complexity index is 1650. The fourth-order valence-electron chi connectivity index (χ4n) is 4.27. The molecule has 0 bridgehead atoms. The van der Waals surface area contributed by atoms with Gasteiger partial charge in [0.2, 0.25) is 0 Å². The molecule has 37 heavy (non-hydrogen) atoms. The Morgan fingerprint density at radius 1 is 1.03 bits per heavy atom. The molecule has 5 rings (SSSR count). The van der Waals surface area contributed by atoms with Crippen LogP contribution in [-0.4, -0.2) is 26.1 Å². The number of nitrogens with zero attached hydrogens (tertiary/aromatic N) is 3. The fourth-order valence-corrected chi connectivity index (χ4v) is 4.27. The number of carbonyl (C=O) groups excluding carboxylic acids is 1. The van der Waals surface area contributed by atoms with Crippen LogP contribution in [-0.2, 0) is 16.1 Å². The van der Waals surface area contributed by atoms with Crippen molar-refractivity contribution >= 4 is 33.6 Å². The van der Waals surface area contributed by atoms with Crippen LogP contribution in [0.4, 0.5) is 5.69 Å². The number of benzene rings is 2. The number of fused-ring (bicyclic) bond motifs is 3. The topological polar surface area (TPSA) is 99.3 Å². The maximum Gasteiger partial charge on any atom is 0.326 e. The highest BCUT2D eigenvalue weighted by Crippen LogP contribution is 2.31. The lowest BCUT2D eigenvalue weighted by atomic mass is 10.0. The van der Waals surface area contributed by atoms with E-state index in [2.05, 4.69) is 21.4 Å². The molecule has 1 N–H and O–H groups in total. The van der Waals surface area contributed by atoms with Gasteiger partial charge >= 0.3 is 5.97 Å². The van der Waals surface area contributed by atoms with Crippen molar-refractivity contribution in [3.63, 3.8) is 0 Å². The maximum atomic E-state index is 13.6. The van der Waals surface area contributed by atoms with E-state index in [0.29, 0.717) is 11.5 Å². The maximum absolute atomic E-state index is 13.6. The fraction of sp³-hybridized carbons (Fsp3) is 0.241. The number of esters is 1. The van der Waals surface area contributed by atoms with E-state index in [1.165, 1.54) is 10.8 Å². The van der Waals surface area contributed by atoms with E-state index in [1.807, 2.05) is 43.3 Å². The number of furan rings is 1. The molecule has 8 heteroatoms. The highest BCUT2D eigenvalue weighted by atomic mass is 16.6. The first kappa shape index (κ1) is 24.2. The Morgan fingerprint density at radius 2 is 1.78 bits per heavy atom. The van der Waals surface area contributed by atoms with Gasteiger partial charge in [-0.2, -0.15) is 0 Å². The molecule has 2 aromatic carbocycles. The molecular formula is C29H28N4O4. The summed E-state index contributed by atoms with van der Waals surface area (Å²) in [5, 5.41) is 5.32. The second-order valence-electron chi connectivity index (χ2n) is 9.91. The lowest BCUT2D eigenvalue weighted by Gasteiger charge is -2.21. The first-order valence-corrected chi connectivity index (χ1v) is 12.1. The van der Waals surface area contributed by atoms with Gasteiger partial charge in [-0.25, -0.2) is 4.98 Å². The number of pyridine rings is 1. The van der Waals surface area contributed by atoms with Crippen LogP contribution < -0.4 is 10.9 Å². The van der Waals surface area contributed by atoms with E-state index in [-0.39, 0.29) is 23.8 Å². The summed E-state index contributed by atoms with van der Waals surface area (Å²) in [6, 6.07) is 19.0. The average Bonchev–Trinajstić information content (AvgIpc) is 3.24. The number of carbonyl (C=O) groups is 1. The smallest absolute Gasteiger partial charge is 0.326 e. The summed E-state index contributed by atoms with van der Waals surface area (Å²) in [4.78, 5) is 35.1. The largest absolute Gasteiger partial charge is 0.459 e. The van der Waals surface area contributed by atoms with Crippen LogP contribution in [0.3, 0.4) is 0 Å². The molecule has 0 aliphatic carbocycles. The van der Waals surface area contributed by atoms with Crippen molar-refractivity contribution in [3.8, 4) is 11.5 Å². The number of hydrogen-bond donors (Lipinski definition) is 1. The molecule has 0 fully saturated rings. The predicted molar refractivity (Wildman–Crippen MR) is 143 cm³/mol.